The second-order valence-electron chi connectivity index (χ2n) is 9.89. The van der Waals surface area contributed by atoms with Crippen molar-refractivity contribution in [3.8, 4) is 0 Å². The Morgan fingerprint density at radius 1 is 0.929 bits per heavy atom. The van der Waals surface area contributed by atoms with E-state index in [0.717, 1.165) is 24.7 Å². The summed E-state index contributed by atoms with van der Waals surface area (Å²) in [6, 6.07) is 0. The Morgan fingerprint density at radius 3 is 1.71 bits per heavy atom. The van der Waals surface area contributed by atoms with Crippen LogP contribution in [0.25, 0.3) is 0 Å². The zero-order chi connectivity index (χ0) is 20.8. The van der Waals surface area contributed by atoms with Gasteiger partial charge in [0.05, 0.1) is 0 Å². The summed E-state index contributed by atoms with van der Waals surface area (Å²) in [5.41, 5.74) is 2.13. The van der Waals surface area contributed by atoms with Crippen molar-refractivity contribution < 1.29 is 9.90 Å². The van der Waals surface area contributed by atoms with Gasteiger partial charge >= 0.3 is 5.97 Å². The fourth-order valence-electron chi connectivity index (χ4n) is 5.03. The molecule has 3 saturated carbocycles. The number of carboxylic acids is 1. The predicted octanol–water partition coefficient (Wildman–Crippen LogP) is 8.55. The van der Waals surface area contributed by atoms with Crippen LogP contribution in [0.4, 0.5) is 0 Å². The molecule has 3 aliphatic rings. The van der Waals surface area contributed by atoms with Crippen molar-refractivity contribution in [2.24, 2.45) is 17.3 Å². The van der Waals surface area contributed by atoms with Gasteiger partial charge in [0.2, 0.25) is 0 Å². The molecule has 2 heteroatoms. The number of hydrogen-bond donors (Lipinski definition) is 1. The Bertz CT molecular complexity index is 436. The third kappa shape index (κ3) is 9.61. The fourth-order valence-corrected chi connectivity index (χ4v) is 5.03. The average molecular weight is 393 g/mol. The highest BCUT2D eigenvalue weighted by Gasteiger charge is 2.51. The minimum atomic E-state index is -0.655. The molecule has 164 valence electrons. The molecule has 0 aliphatic heterocycles. The van der Waals surface area contributed by atoms with Crippen LogP contribution in [0.3, 0.4) is 0 Å². The van der Waals surface area contributed by atoms with Crippen LogP contribution in [0.5, 0.6) is 0 Å². The number of carbonyl (C=O) groups is 1. The first-order valence-electron chi connectivity index (χ1n) is 12.3. The van der Waals surface area contributed by atoms with Crippen molar-refractivity contribution >= 4 is 5.97 Å². The lowest BCUT2D eigenvalue weighted by molar-refractivity contribution is -0.137. The quantitative estimate of drug-likeness (QED) is 0.237. The summed E-state index contributed by atoms with van der Waals surface area (Å²) in [5, 5.41) is 8.49. The van der Waals surface area contributed by atoms with Gasteiger partial charge in [-0.15, -0.1) is 0 Å². The van der Waals surface area contributed by atoms with Gasteiger partial charge in [0.15, 0.2) is 0 Å². The first-order valence-corrected chi connectivity index (χ1v) is 12.3. The summed E-state index contributed by atoms with van der Waals surface area (Å²) in [7, 11) is 0. The van der Waals surface area contributed by atoms with Crippen LogP contribution < -0.4 is 0 Å². The largest absolute Gasteiger partial charge is 0.481 e. The predicted molar refractivity (Wildman–Crippen MR) is 122 cm³/mol. The molecule has 2 unspecified atom stereocenters. The molecule has 0 heterocycles. The summed E-state index contributed by atoms with van der Waals surface area (Å²) < 4.78 is 0. The standard InChI is InChI=1S/C16H32O2.C10H16/c1-2-3-4-5-6-7-8-9-10-11-12-13-14-15-16(17)18;1-7-4-5-8-6-9(7)10(8,2)3/h2-15H2,1H3,(H,17,18);8-9H,1,4-6H2,2-3H3. The number of fused-ring (bicyclic) bond motifs is 2. The first kappa shape index (κ1) is 25.2. The SMILES string of the molecule is C=C1CCC2CC1C2(C)C.CCCCCCCCCCCCCCCC(=O)O. The molecule has 28 heavy (non-hydrogen) atoms. The summed E-state index contributed by atoms with van der Waals surface area (Å²) >= 11 is 0. The van der Waals surface area contributed by atoms with Gasteiger partial charge < -0.3 is 5.11 Å². The zero-order valence-electron chi connectivity index (χ0n) is 19.2. The maximum absolute atomic E-state index is 10.3. The topological polar surface area (TPSA) is 37.3 Å². The van der Waals surface area contributed by atoms with Crippen molar-refractivity contribution in [1.29, 1.82) is 0 Å². The van der Waals surface area contributed by atoms with Crippen LogP contribution in [0.15, 0.2) is 12.2 Å². The molecule has 0 aromatic heterocycles. The summed E-state index contributed by atoms with van der Waals surface area (Å²) in [6.45, 7) is 11.2. The van der Waals surface area contributed by atoms with E-state index in [4.69, 9.17) is 5.11 Å². The van der Waals surface area contributed by atoms with Gasteiger partial charge in [-0.05, 0) is 42.9 Å². The molecule has 2 nitrogen and oxygen atoms in total. The van der Waals surface area contributed by atoms with E-state index in [0.29, 0.717) is 11.8 Å². The van der Waals surface area contributed by atoms with E-state index < -0.39 is 5.97 Å². The monoisotopic (exact) mass is 392 g/mol. The van der Waals surface area contributed by atoms with Gasteiger partial charge in [-0.2, -0.15) is 0 Å². The molecular weight excluding hydrogens is 344 g/mol. The molecule has 3 rings (SSSR count). The summed E-state index contributed by atoms with van der Waals surface area (Å²) in [5.74, 6) is 1.23. The van der Waals surface area contributed by atoms with Gasteiger partial charge in [0.25, 0.3) is 0 Å². The number of aliphatic carboxylic acids is 1. The number of allylic oxidation sites excluding steroid dienone is 1. The van der Waals surface area contributed by atoms with Gasteiger partial charge in [-0.1, -0.05) is 110 Å². The zero-order valence-corrected chi connectivity index (χ0v) is 19.2. The molecule has 0 amide bonds. The second kappa shape index (κ2) is 14.2. The second-order valence-corrected chi connectivity index (χ2v) is 9.89. The number of carboxylic acid groups (broad SMARTS) is 1. The molecule has 3 aliphatic carbocycles. The summed E-state index contributed by atoms with van der Waals surface area (Å²) in [6.07, 6.45) is 21.4. The van der Waals surface area contributed by atoms with E-state index in [1.165, 1.54) is 95.5 Å². The molecular formula is C26H48O2. The van der Waals surface area contributed by atoms with Crippen LogP contribution in [0.1, 0.15) is 130 Å². The molecule has 1 N–H and O–H groups in total. The lowest BCUT2D eigenvalue weighted by Gasteiger charge is -2.57. The third-order valence-corrected chi connectivity index (χ3v) is 7.27. The molecule has 0 aromatic carbocycles. The number of unbranched alkanes of at least 4 members (excludes halogenated alkanes) is 12. The lowest BCUT2D eigenvalue weighted by Crippen LogP contribution is -2.48. The molecule has 0 aromatic rings. The van der Waals surface area contributed by atoms with Crippen molar-refractivity contribution in [3.05, 3.63) is 12.2 Å². The van der Waals surface area contributed by atoms with Gasteiger partial charge in [-0.25, -0.2) is 0 Å². The smallest absolute Gasteiger partial charge is 0.303 e. The fraction of sp³-hybridized carbons (Fsp3) is 0.885. The highest BCUT2D eigenvalue weighted by Crippen LogP contribution is 2.60. The molecule has 3 fully saturated rings. The van der Waals surface area contributed by atoms with E-state index in [9.17, 15) is 4.79 Å². The van der Waals surface area contributed by atoms with E-state index in [1.54, 1.807) is 0 Å². The number of rotatable bonds is 14. The Kier molecular flexibility index (Phi) is 12.8. The van der Waals surface area contributed by atoms with Crippen LogP contribution >= 0.6 is 0 Å². The minimum Gasteiger partial charge on any atom is -0.481 e. The van der Waals surface area contributed by atoms with E-state index >= 15 is 0 Å². The van der Waals surface area contributed by atoms with Gasteiger partial charge in [0, 0.05) is 6.42 Å². The molecule has 0 saturated heterocycles. The maximum atomic E-state index is 10.3. The van der Waals surface area contributed by atoms with Crippen LogP contribution in [-0.2, 0) is 4.79 Å². The normalized spacial score (nSPS) is 22.2. The van der Waals surface area contributed by atoms with Crippen LogP contribution in [-0.4, -0.2) is 11.1 Å². The first-order chi connectivity index (χ1) is 13.4. The maximum Gasteiger partial charge on any atom is 0.303 e. The van der Waals surface area contributed by atoms with Crippen molar-refractivity contribution in [2.75, 3.05) is 0 Å². The Hall–Kier alpha value is -0.790. The average Bonchev–Trinajstić information content (AvgIpc) is 2.65. The van der Waals surface area contributed by atoms with Crippen LogP contribution in [0.2, 0.25) is 0 Å². The molecule has 0 spiro atoms. The summed E-state index contributed by atoms with van der Waals surface area (Å²) in [4.78, 5) is 10.3. The third-order valence-electron chi connectivity index (χ3n) is 7.27. The van der Waals surface area contributed by atoms with E-state index in [-0.39, 0.29) is 0 Å². The van der Waals surface area contributed by atoms with Crippen molar-refractivity contribution in [1.82, 2.24) is 0 Å². The highest BCUT2D eigenvalue weighted by atomic mass is 16.4. The van der Waals surface area contributed by atoms with Crippen LogP contribution in [0, 0.1) is 17.3 Å². The highest BCUT2D eigenvalue weighted by molar-refractivity contribution is 5.66. The van der Waals surface area contributed by atoms with Gasteiger partial charge in [0.1, 0.15) is 0 Å². The molecule has 0 radical (unpaired) electrons. The molecule has 2 atom stereocenters. The Labute approximate surface area is 175 Å². The van der Waals surface area contributed by atoms with E-state index in [2.05, 4.69) is 27.4 Å². The van der Waals surface area contributed by atoms with Gasteiger partial charge in [-0.3, -0.25) is 4.79 Å². The van der Waals surface area contributed by atoms with Crippen molar-refractivity contribution in [2.45, 2.75) is 130 Å². The Morgan fingerprint density at radius 2 is 1.39 bits per heavy atom. The van der Waals surface area contributed by atoms with Crippen molar-refractivity contribution in [3.63, 3.8) is 0 Å². The molecule has 2 bridgehead atoms. The van der Waals surface area contributed by atoms with E-state index in [1.807, 2.05) is 0 Å². The number of hydrogen-bond acceptors (Lipinski definition) is 1. The minimum absolute atomic E-state index is 0.345. The lowest BCUT2D eigenvalue weighted by atomic mass is 9.47. The Balaban J connectivity index is 0.000000324.